The molecule has 0 fully saturated rings. The number of carbonyl (C=O) groups excluding carboxylic acids is 1. The summed E-state index contributed by atoms with van der Waals surface area (Å²) in [5.74, 6) is -1.40. The molecule has 0 aliphatic carbocycles. The van der Waals surface area contributed by atoms with E-state index in [1.807, 2.05) is 6.92 Å². The molecule has 9 heteroatoms. The number of hydrogen-bond donors (Lipinski definition) is 1. The normalized spacial score (nSPS) is 10.6. The minimum Gasteiger partial charge on any atom is -0.480 e. The highest BCUT2D eigenvalue weighted by molar-refractivity contribution is 9.10. The summed E-state index contributed by atoms with van der Waals surface area (Å²) in [6, 6.07) is 2.85. The van der Waals surface area contributed by atoms with E-state index < -0.39 is 12.6 Å². The predicted molar refractivity (Wildman–Crippen MR) is 88.6 cm³/mol. The number of halogens is 3. The van der Waals surface area contributed by atoms with E-state index in [9.17, 15) is 9.59 Å². The lowest BCUT2D eigenvalue weighted by molar-refractivity contribution is -0.139. The van der Waals surface area contributed by atoms with Gasteiger partial charge in [0.2, 0.25) is 5.78 Å². The van der Waals surface area contributed by atoms with E-state index in [2.05, 4.69) is 21.0 Å². The van der Waals surface area contributed by atoms with E-state index in [4.69, 9.17) is 33.0 Å². The third kappa shape index (κ3) is 3.68. The van der Waals surface area contributed by atoms with Crippen LogP contribution < -0.4 is 4.74 Å². The van der Waals surface area contributed by atoms with Gasteiger partial charge >= 0.3 is 5.97 Å². The molecule has 0 atom stereocenters. The van der Waals surface area contributed by atoms with Crippen LogP contribution in [0.25, 0.3) is 0 Å². The topological polar surface area (TPSA) is 81.4 Å². The molecule has 1 aromatic carbocycles. The summed E-state index contributed by atoms with van der Waals surface area (Å²) in [4.78, 5) is 23.2. The zero-order valence-corrected chi connectivity index (χ0v) is 14.9. The van der Waals surface area contributed by atoms with E-state index in [0.29, 0.717) is 16.7 Å². The smallest absolute Gasteiger partial charge is 0.341 e. The molecule has 0 saturated carbocycles. The highest BCUT2D eigenvalue weighted by atomic mass is 79.9. The number of nitrogens with zero attached hydrogens (tertiary/aromatic N) is 2. The van der Waals surface area contributed by atoms with Crippen molar-refractivity contribution in [1.82, 2.24) is 9.78 Å². The fraction of sp³-hybridized carbons (Fsp3) is 0.214. The van der Waals surface area contributed by atoms with Crippen LogP contribution in [0.15, 0.2) is 22.8 Å². The van der Waals surface area contributed by atoms with Gasteiger partial charge in [-0.25, -0.2) is 4.79 Å². The highest BCUT2D eigenvalue weighted by Crippen LogP contribution is 2.36. The Morgan fingerprint density at radius 1 is 1.35 bits per heavy atom. The molecule has 122 valence electrons. The van der Waals surface area contributed by atoms with Crippen molar-refractivity contribution >= 4 is 50.9 Å². The van der Waals surface area contributed by atoms with Crippen LogP contribution in [0, 0.1) is 0 Å². The van der Waals surface area contributed by atoms with E-state index in [1.54, 1.807) is 0 Å². The summed E-state index contributed by atoms with van der Waals surface area (Å²) in [5.41, 5.74) is 0.528. The molecule has 0 aliphatic rings. The van der Waals surface area contributed by atoms with Gasteiger partial charge in [0.15, 0.2) is 6.61 Å². The zero-order chi connectivity index (χ0) is 17.1. The predicted octanol–water partition coefficient (Wildman–Crippen LogP) is 3.67. The van der Waals surface area contributed by atoms with Crippen LogP contribution in [-0.4, -0.2) is 33.2 Å². The van der Waals surface area contributed by atoms with E-state index >= 15 is 0 Å². The Balaban J connectivity index is 2.40. The summed E-state index contributed by atoms with van der Waals surface area (Å²) in [6.45, 7) is 1.81. The number of aromatic nitrogens is 2. The molecule has 1 N–H and O–H groups in total. The van der Waals surface area contributed by atoms with Crippen molar-refractivity contribution in [3.8, 4) is 5.75 Å². The quantitative estimate of drug-likeness (QED) is 0.719. The summed E-state index contributed by atoms with van der Waals surface area (Å²) in [6.07, 6.45) is 1.52. The summed E-state index contributed by atoms with van der Waals surface area (Å²) in [5, 5.41) is 12.7. The molecule has 2 rings (SSSR count). The number of ketones is 1. The number of carbonyl (C=O) groups is 2. The van der Waals surface area contributed by atoms with Crippen LogP contribution in [0.2, 0.25) is 10.0 Å². The fourth-order valence-corrected chi connectivity index (χ4v) is 2.85. The highest BCUT2D eigenvalue weighted by Gasteiger charge is 2.23. The number of benzene rings is 1. The Kier molecular flexibility index (Phi) is 5.67. The number of aliphatic carboxylic acids is 1. The summed E-state index contributed by atoms with van der Waals surface area (Å²) < 4.78 is 7.10. The molecule has 2 aromatic rings. The first-order valence-electron chi connectivity index (χ1n) is 6.45. The first kappa shape index (κ1) is 17.8. The van der Waals surface area contributed by atoms with Crippen molar-refractivity contribution in [3.63, 3.8) is 0 Å². The second-order valence-electron chi connectivity index (χ2n) is 4.41. The van der Waals surface area contributed by atoms with Gasteiger partial charge in [0.25, 0.3) is 0 Å². The SMILES string of the molecule is CCn1ncc(Br)c1C(=O)c1ccc(OCC(=O)O)c(Cl)c1Cl. The Morgan fingerprint density at radius 2 is 2.04 bits per heavy atom. The van der Waals surface area contributed by atoms with Crippen molar-refractivity contribution in [3.05, 3.63) is 44.1 Å². The molecule has 6 nitrogen and oxygen atoms in total. The first-order chi connectivity index (χ1) is 10.9. The number of hydrogen-bond acceptors (Lipinski definition) is 4. The molecule has 0 unspecified atom stereocenters. The Labute approximate surface area is 150 Å². The van der Waals surface area contributed by atoms with Crippen LogP contribution in [0.3, 0.4) is 0 Å². The second kappa shape index (κ2) is 7.33. The average molecular weight is 422 g/mol. The Morgan fingerprint density at radius 3 is 2.65 bits per heavy atom. The van der Waals surface area contributed by atoms with Gasteiger partial charge in [-0.2, -0.15) is 5.10 Å². The van der Waals surface area contributed by atoms with Gasteiger partial charge in [0.1, 0.15) is 16.5 Å². The van der Waals surface area contributed by atoms with Crippen LogP contribution in [0.1, 0.15) is 23.0 Å². The van der Waals surface area contributed by atoms with Gasteiger partial charge in [0, 0.05) is 12.1 Å². The molecule has 0 radical (unpaired) electrons. The minimum absolute atomic E-state index is 0.00434. The van der Waals surface area contributed by atoms with Crippen LogP contribution in [0.4, 0.5) is 0 Å². The maximum Gasteiger partial charge on any atom is 0.341 e. The van der Waals surface area contributed by atoms with Crippen molar-refractivity contribution in [2.75, 3.05) is 6.61 Å². The molecule has 23 heavy (non-hydrogen) atoms. The third-order valence-electron chi connectivity index (χ3n) is 2.95. The van der Waals surface area contributed by atoms with Crippen molar-refractivity contribution in [1.29, 1.82) is 0 Å². The number of carboxylic acids is 1. The lowest BCUT2D eigenvalue weighted by atomic mass is 10.1. The maximum absolute atomic E-state index is 12.7. The number of ether oxygens (including phenoxy) is 1. The lowest BCUT2D eigenvalue weighted by Crippen LogP contribution is -2.13. The van der Waals surface area contributed by atoms with Crippen molar-refractivity contribution in [2.45, 2.75) is 13.5 Å². The van der Waals surface area contributed by atoms with Crippen LogP contribution in [-0.2, 0) is 11.3 Å². The Hall–Kier alpha value is -1.57. The third-order valence-corrected chi connectivity index (χ3v) is 4.40. The van der Waals surface area contributed by atoms with Crippen LogP contribution in [0.5, 0.6) is 5.75 Å². The molecular formula is C14H11BrCl2N2O4. The lowest BCUT2D eigenvalue weighted by Gasteiger charge is -2.11. The van der Waals surface area contributed by atoms with E-state index in [-0.39, 0.29) is 27.1 Å². The molecule has 1 heterocycles. The van der Waals surface area contributed by atoms with E-state index in [0.717, 1.165) is 0 Å². The Bertz CT molecular complexity index is 776. The average Bonchev–Trinajstić information content (AvgIpc) is 2.88. The molecule has 1 aromatic heterocycles. The first-order valence-corrected chi connectivity index (χ1v) is 8.00. The molecule has 0 aliphatic heterocycles. The van der Waals surface area contributed by atoms with Gasteiger partial charge < -0.3 is 9.84 Å². The monoisotopic (exact) mass is 420 g/mol. The van der Waals surface area contributed by atoms with Gasteiger partial charge in [-0.3, -0.25) is 9.48 Å². The zero-order valence-electron chi connectivity index (χ0n) is 11.8. The standard InChI is InChI=1S/C14H11BrCl2N2O4/c1-2-19-13(8(15)5-18-19)14(22)7-3-4-9(12(17)11(7)16)23-6-10(20)21/h3-5H,2,6H2,1H3,(H,20,21). The van der Waals surface area contributed by atoms with Gasteiger partial charge in [-0.05, 0) is 35.0 Å². The van der Waals surface area contributed by atoms with Gasteiger partial charge in [-0.15, -0.1) is 0 Å². The van der Waals surface area contributed by atoms with Gasteiger partial charge in [-0.1, -0.05) is 23.2 Å². The van der Waals surface area contributed by atoms with E-state index in [1.165, 1.54) is 23.0 Å². The summed E-state index contributed by atoms with van der Waals surface area (Å²) >= 11 is 15.5. The number of rotatable bonds is 6. The maximum atomic E-state index is 12.7. The fourth-order valence-electron chi connectivity index (χ4n) is 1.91. The second-order valence-corrected chi connectivity index (χ2v) is 6.02. The molecular weight excluding hydrogens is 411 g/mol. The molecule has 0 saturated heterocycles. The largest absolute Gasteiger partial charge is 0.480 e. The summed E-state index contributed by atoms with van der Waals surface area (Å²) in [7, 11) is 0. The van der Waals surface area contributed by atoms with Crippen LogP contribution >= 0.6 is 39.1 Å². The van der Waals surface area contributed by atoms with Gasteiger partial charge in [0.05, 0.1) is 15.7 Å². The molecule has 0 spiro atoms. The van der Waals surface area contributed by atoms with Crippen molar-refractivity contribution in [2.24, 2.45) is 0 Å². The van der Waals surface area contributed by atoms with Crippen molar-refractivity contribution < 1.29 is 19.4 Å². The minimum atomic E-state index is -1.15. The number of carboxylic acid groups (broad SMARTS) is 1. The molecule has 0 bridgehead atoms. The molecule has 0 amide bonds. The number of aryl methyl sites for hydroxylation is 1.